The molecule has 1 aliphatic heterocycles. The number of epoxide rings is 1. The molecule has 0 bridgehead atoms. The second-order valence-electron chi connectivity index (χ2n) is 11.2. The van der Waals surface area contributed by atoms with Crippen LogP contribution in [0.2, 0.25) is 0 Å². The minimum absolute atomic E-state index is 0. The molecule has 5 nitrogen and oxygen atoms in total. The molecule has 6 rings (SSSR count). The highest BCUT2D eigenvalue weighted by molar-refractivity contribution is 7.60. The average Bonchev–Trinajstić information content (AvgIpc) is 3.58. The van der Waals surface area contributed by atoms with E-state index >= 15 is 0 Å². The van der Waals surface area contributed by atoms with E-state index in [9.17, 15) is 14.7 Å². The summed E-state index contributed by atoms with van der Waals surface area (Å²) in [6, 6.07) is 0. The molecule has 0 amide bonds. The summed E-state index contributed by atoms with van der Waals surface area (Å²) in [5.74, 6) is 2.07. The predicted octanol–water partition coefficient (Wildman–Crippen LogP) is 3.75. The van der Waals surface area contributed by atoms with Crippen molar-refractivity contribution in [3.05, 3.63) is 11.6 Å². The number of fused-ring (bicyclic) bond motifs is 6. The molecule has 5 aliphatic carbocycles. The zero-order valence-corrected chi connectivity index (χ0v) is 25.2. The molecule has 1 saturated heterocycles. The van der Waals surface area contributed by atoms with E-state index in [2.05, 4.69) is 13.8 Å². The molecule has 0 aromatic carbocycles. The summed E-state index contributed by atoms with van der Waals surface area (Å²) in [5.41, 5.74) is 0.177. The van der Waals surface area contributed by atoms with Gasteiger partial charge in [-0.2, -0.15) is 67.5 Å². The first-order chi connectivity index (χ1) is 13.7. The Labute approximate surface area is 238 Å². The summed E-state index contributed by atoms with van der Waals surface area (Å²) in [5, 5.41) is 11.7. The number of rotatable bonds is 3. The third-order valence-corrected chi connectivity index (χ3v) is 10.4. The Bertz CT molecular complexity index is 869. The third kappa shape index (κ3) is 3.78. The molecule has 9 atom stereocenters. The van der Waals surface area contributed by atoms with Gasteiger partial charge in [0.05, 0.1) is 18.8 Å². The summed E-state index contributed by atoms with van der Waals surface area (Å²) >= 11 is 0. The van der Waals surface area contributed by atoms with Crippen molar-refractivity contribution in [2.45, 2.75) is 82.5 Å². The summed E-state index contributed by atoms with van der Waals surface area (Å²) in [7, 11) is 1.41. The van der Waals surface area contributed by atoms with Crippen molar-refractivity contribution in [1.29, 1.82) is 0 Å². The fourth-order valence-corrected chi connectivity index (χ4v) is 8.75. The molecule has 6 aliphatic rings. The molecule has 0 aromatic rings. The largest absolute Gasteiger partial charge is 0.469 e. The molecule has 5 fully saturated rings. The lowest BCUT2D eigenvalue weighted by Gasteiger charge is -2.56. The van der Waals surface area contributed by atoms with Gasteiger partial charge in [-0.05, 0) is 68.3 Å². The standard InChI is InChI=1S/C24H32O5.5H2S/c1-21-7-4-13(25)10-17(21)14-11-15(14)20-16-5-8-23(27,9-6-19(26)28-3)22(16,2)12-18-24(20,21)29-18;;;;;/h10,14-16,18,20,27H,4-9,11-12H2,1-3H3;5*1H2/t14?,15?,16-,18?,20-,21-,22-,23+,24+;;;;;/m0...../s1. The van der Waals surface area contributed by atoms with Gasteiger partial charge >= 0.3 is 5.97 Å². The monoisotopic (exact) mass is 570 g/mol. The van der Waals surface area contributed by atoms with E-state index in [0.29, 0.717) is 36.5 Å². The van der Waals surface area contributed by atoms with Crippen molar-refractivity contribution < 1.29 is 24.2 Å². The van der Waals surface area contributed by atoms with Gasteiger partial charge in [-0.3, -0.25) is 9.59 Å². The highest BCUT2D eigenvalue weighted by Gasteiger charge is 2.84. The smallest absolute Gasteiger partial charge is 0.305 e. The number of hydrogen-bond donors (Lipinski definition) is 1. The second kappa shape index (κ2) is 10.0. The van der Waals surface area contributed by atoms with Crippen LogP contribution in [0.3, 0.4) is 0 Å². The minimum Gasteiger partial charge on any atom is -0.469 e. The summed E-state index contributed by atoms with van der Waals surface area (Å²) < 4.78 is 11.5. The fraction of sp³-hybridized carbons (Fsp3) is 0.833. The normalized spacial score (nSPS) is 47.9. The van der Waals surface area contributed by atoms with Crippen LogP contribution in [0.15, 0.2) is 11.6 Å². The van der Waals surface area contributed by atoms with Gasteiger partial charge in [0.2, 0.25) is 0 Å². The quantitative estimate of drug-likeness (QED) is 0.413. The Kier molecular flexibility index (Phi) is 9.60. The Morgan fingerprint density at radius 3 is 2.50 bits per heavy atom. The molecule has 0 radical (unpaired) electrons. The first-order valence-electron chi connectivity index (χ1n) is 11.4. The van der Waals surface area contributed by atoms with Crippen LogP contribution in [0.5, 0.6) is 0 Å². The van der Waals surface area contributed by atoms with Gasteiger partial charge in [0.25, 0.3) is 0 Å². The number of ketones is 1. The van der Waals surface area contributed by atoms with E-state index in [-0.39, 0.29) is 108 Å². The number of methoxy groups -OCH3 is 1. The van der Waals surface area contributed by atoms with Gasteiger partial charge < -0.3 is 14.6 Å². The van der Waals surface area contributed by atoms with Gasteiger partial charge in [0, 0.05) is 23.7 Å². The molecule has 3 unspecified atom stereocenters. The van der Waals surface area contributed by atoms with Gasteiger partial charge in [-0.25, -0.2) is 0 Å². The van der Waals surface area contributed by atoms with Crippen molar-refractivity contribution in [2.24, 2.45) is 34.5 Å². The van der Waals surface area contributed by atoms with Crippen LogP contribution in [0.25, 0.3) is 0 Å². The number of aliphatic hydroxyl groups is 1. The van der Waals surface area contributed by atoms with Crippen LogP contribution in [0.4, 0.5) is 0 Å². The van der Waals surface area contributed by atoms with E-state index in [1.165, 1.54) is 19.1 Å². The number of ether oxygens (including phenoxy) is 2. The van der Waals surface area contributed by atoms with Gasteiger partial charge in [0.15, 0.2) is 5.78 Å². The molecule has 4 saturated carbocycles. The van der Waals surface area contributed by atoms with Crippen molar-refractivity contribution in [3.63, 3.8) is 0 Å². The molecule has 1 spiro atoms. The Hall–Kier alpha value is 0.550. The highest BCUT2D eigenvalue weighted by atomic mass is 32.1. The van der Waals surface area contributed by atoms with Crippen LogP contribution in [0, 0.1) is 34.5 Å². The molecule has 34 heavy (non-hydrogen) atoms. The van der Waals surface area contributed by atoms with Crippen LogP contribution in [-0.4, -0.2) is 41.3 Å². The SMILES string of the molecule is COC(=O)CC[C@]1(O)CC[C@H]2[C@@H]3C4CC4C4=CC(=O)CC[C@]4(C)[C@]34OC4C[C@@]21C.S.S.S.S.S. The lowest BCUT2D eigenvalue weighted by Crippen LogP contribution is -2.60. The Morgan fingerprint density at radius 2 is 1.85 bits per heavy atom. The molecule has 0 aromatic heterocycles. The van der Waals surface area contributed by atoms with Crippen LogP contribution < -0.4 is 0 Å². The predicted molar refractivity (Wildman–Crippen MR) is 157 cm³/mol. The zero-order valence-electron chi connectivity index (χ0n) is 20.2. The van der Waals surface area contributed by atoms with E-state index in [0.717, 1.165) is 25.7 Å². The van der Waals surface area contributed by atoms with Crippen LogP contribution >= 0.6 is 67.5 Å². The maximum absolute atomic E-state index is 12.2. The topological polar surface area (TPSA) is 76.1 Å². The molecule has 1 N–H and O–H groups in total. The summed E-state index contributed by atoms with van der Waals surface area (Å²) in [6.45, 7) is 4.61. The number of carbonyl (C=O) groups excluding carboxylic acids is 2. The maximum atomic E-state index is 12.2. The van der Waals surface area contributed by atoms with Crippen molar-refractivity contribution in [1.82, 2.24) is 0 Å². The van der Waals surface area contributed by atoms with Crippen LogP contribution in [0.1, 0.15) is 65.2 Å². The van der Waals surface area contributed by atoms with Crippen LogP contribution in [-0.2, 0) is 19.1 Å². The highest BCUT2D eigenvalue weighted by Crippen LogP contribution is 2.82. The Morgan fingerprint density at radius 1 is 1.18 bits per heavy atom. The molecular formula is C24H42O5S5. The number of hydrogen-bond acceptors (Lipinski definition) is 5. The maximum Gasteiger partial charge on any atom is 0.305 e. The van der Waals surface area contributed by atoms with Crippen molar-refractivity contribution >= 4 is 79.2 Å². The lowest BCUT2D eigenvalue weighted by molar-refractivity contribution is -0.147. The van der Waals surface area contributed by atoms with Gasteiger partial charge in [-0.1, -0.05) is 19.4 Å². The second-order valence-corrected chi connectivity index (χ2v) is 11.2. The first-order valence-corrected chi connectivity index (χ1v) is 11.4. The minimum atomic E-state index is -0.825. The van der Waals surface area contributed by atoms with E-state index < -0.39 is 5.60 Å². The van der Waals surface area contributed by atoms with Gasteiger partial charge in [-0.15, -0.1) is 0 Å². The van der Waals surface area contributed by atoms with E-state index in [4.69, 9.17) is 9.47 Å². The van der Waals surface area contributed by atoms with Gasteiger partial charge in [0.1, 0.15) is 5.60 Å². The summed E-state index contributed by atoms with van der Waals surface area (Å²) in [4.78, 5) is 24.0. The lowest BCUT2D eigenvalue weighted by atomic mass is 9.46. The fourth-order valence-electron chi connectivity index (χ4n) is 8.75. The molecule has 198 valence electrons. The summed E-state index contributed by atoms with van der Waals surface area (Å²) in [6.07, 6.45) is 8.22. The molecule has 10 heteroatoms. The zero-order chi connectivity index (χ0) is 20.4. The van der Waals surface area contributed by atoms with E-state index in [1.54, 1.807) is 0 Å². The third-order valence-electron chi connectivity index (χ3n) is 10.4. The van der Waals surface area contributed by atoms with Crippen molar-refractivity contribution in [3.8, 4) is 0 Å². The molecule has 1 heterocycles. The average molecular weight is 571 g/mol. The first kappa shape index (κ1) is 32.6. The number of carbonyl (C=O) groups is 2. The Balaban J connectivity index is 0.00000116. The van der Waals surface area contributed by atoms with Crippen molar-refractivity contribution in [2.75, 3.05) is 7.11 Å². The number of esters is 1. The molecular weight excluding hydrogens is 529 g/mol. The van der Waals surface area contributed by atoms with E-state index in [1.807, 2.05) is 6.08 Å².